The predicted octanol–water partition coefficient (Wildman–Crippen LogP) is 2.27. The van der Waals surface area contributed by atoms with E-state index in [2.05, 4.69) is 14.9 Å². The van der Waals surface area contributed by atoms with E-state index in [0.717, 1.165) is 5.56 Å². The van der Waals surface area contributed by atoms with Crippen molar-refractivity contribution in [1.82, 2.24) is 19.5 Å². The van der Waals surface area contributed by atoms with Crippen LogP contribution >= 0.6 is 11.3 Å². The summed E-state index contributed by atoms with van der Waals surface area (Å²) in [6.07, 6.45) is 1.61. The Morgan fingerprint density at radius 3 is 2.60 bits per heavy atom. The fourth-order valence-corrected chi connectivity index (χ4v) is 4.30. The van der Waals surface area contributed by atoms with Crippen molar-refractivity contribution in [3.8, 4) is 0 Å². The van der Waals surface area contributed by atoms with Crippen LogP contribution in [0.15, 0.2) is 22.0 Å². The molecule has 110 valence electrons. The lowest BCUT2D eigenvalue weighted by Gasteiger charge is -2.16. The van der Waals surface area contributed by atoms with E-state index in [0.29, 0.717) is 10.0 Å². The van der Waals surface area contributed by atoms with Crippen molar-refractivity contribution in [3.05, 3.63) is 29.2 Å². The Morgan fingerprint density at radius 1 is 1.35 bits per heavy atom. The molecule has 2 heterocycles. The molecular weight excluding hydrogens is 296 g/mol. The third-order valence-electron chi connectivity index (χ3n) is 2.85. The number of nitrogens with zero attached hydrogens (tertiary/aromatic N) is 3. The highest BCUT2D eigenvalue weighted by molar-refractivity contribution is 7.91. The summed E-state index contributed by atoms with van der Waals surface area (Å²) in [6, 6.07) is 1.40. The minimum atomic E-state index is -3.52. The molecule has 2 aromatic heterocycles. The van der Waals surface area contributed by atoms with E-state index in [4.69, 9.17) is 0 Å². The SMILES string of the molecule is Cc1csc(S(=O)(=O)NC(C)c2nncn2C(C)C)c1. The molecule has 0 fully saturated rings. The van der Waals surface area contributed by atoms with Gasteiger partial charge in [0.25, 0.3) is 10.0 Å². The highest BCUT2D eigenvalue weighted by Crippen LogP contribution is 2.22. The van der Waals surface area contributed by atoms with Crippen LogP contribution in [0, 0.1) is 6.92 Å². The van der Waals surface area contributed by atoms with Crippen molar-refractivity contribution in [3.63, 3.8) is 0 Å². The quantitative estimate of drug-likeness (QED) is 0.918. The standard InChI is InChI=1S/C12H18N4O2S2/c1-8(2)16-7-13-14-12(16)10(4)15-20(17,18)11-5-9(3)6-19-11/h5-8,10,15H,1-4H3. The van der Waals surface area contributed by atoms with Gasteiger partial charge < -0.3 is 4.57 Å². The van der Waals surface area contributed by atoms with Gasteiger partial charge in [-0.15, -0.1) is 21.5 Å². The molecule has 20 heavy (non-hydrogen) atoms. The largest absolute Gasteiger partial charge is 0.314 e. The zero-order valence-corrected chi connectivity index (χ0v) is 13.5. The normalized spacial score (nSPS) is 13.8. The van der Waals surface area contributed by atoms with Crippen LogP contribution in [0.2, 0.25) is 0 Å². The third-order valence-corrected chi connectivity index (χ3v) is 5.95. The number of rotatable bonds is 5. The summed E-state index contributed by atoms with van der Waals surface area (Å²) in [7, 11) is -3.52. The Labute approximate surface area is 122 Å². The van der Waals surface area contributed by atoms with Gasteiger partial charge >= 0.3 is 0 Å². The Balaban J connectivity index is 2.23. The summed E-state index contributed by atoms with van der Waals surface area (Å²) in [5, 5.41) is 9.68. The predicted molar refractivity (Wildman–Crippen MR) is 78.2 cm³/mol. The van der Waals surface area contributed by atoms with Crippen LogP contribution in [0.3, 0.4) is 0 Å². The summed E-state index contributed by atoms with van der Waals surface area (Å²) >= 11 is 1.21. The summed E-state index contributed by atoms with van der Waals surface area (Å²) in [4.78, 5) is 0. The van der Waals surface area contributed by atoms with E-state index in [9.17, 15) is 8.42 Å². The molecule has 1 atom stereocenters. The molecule has 8 heteroatoms. The fraction of sp³-hybridized carbons (Fsp3) is 0.500. The first kappa shape index (κ1) is 15.1. The van der Waals surface area contributed by atoms with Crippen LogP contribution in [0.25, 0.3) is 0 Å². The van der Waals surface area contributed by atoms with Gasteiger partial charge in [-0.3, -0.25) is 0 Å². The number of nitrogens with one attached hydrogen (secondary N) is 1. The Bertz CT molecular complexity index is 688. The zero-order valence-electron chi connectivity index (χ0n) is 11.9. The molecule has 0 saturated heterocycles. The highest BCUT2D eigenvalue weighted by atomic mass is 32.2. The number of sulfonamides is 1. The van der Waals surface area contributed by atoms with Gasteiger partial charge in [-0.25, -0.2) is 13.1 Å². The van der Waals surface area contributed by atoms with Crippen molar-refractivity contribution >= 4 is 21.4 Å². The van der Waals surface area contributed by atoms with Crippen LogP contribution in [0.4, 0.5) is 0 Å². The van der Waals surface area contributed by atoms with Gasteiger partial charge in [0, 0.05) is 6.04 Å². The number of hydrogen-bond acceptors (Lipinski definition) is 5. The van der Waals surface area contributed by atoms with E-state index in [1.54, 1.807) is 19.3 Å². The molecule has 0 bridgehead atoms. The van der Waals surface area contributed by atoms with Crippen molar-refractivity contribution in [2.75, 3.05) is 0 Å². The summed E-state index contributed by atoms with van der Waals surface area (Å²) < 4.78 is 29.4. The lowest BCUT2D eigenvalue weighted by molar-refractivity contribution is 0.515. The lowest BCUT2D eigenvalue weighted by atomic mass is 10.3. The molecule has 0 spiro atoms. The second-order valence-electron chi connectivity index (χ2n) is 4.98. The molecule has 0 saturated carbocycles. The van der Waals surface area contributed by atoms with E-state index in [1.165, 1.54) is 11.3 Å². The zero-order chi connectivity index (χ0) is 14.9. The Morgan fingerprint density at radius 2 is 2.05 bits per heavy atom. The maximum atomic E-state index is 12.3. The van der Waals surface area contributed by atoms with E-state index in [-0.39, 0.29) is 6.04 Å². The number of hydrogen-bond donors (Lipinski definition) is 1. The second-order valence-corrected chi connectivity index (χ2v) is 7.83. The molecule has 6 nitrogen and oxygen atoms in total. The van der Waals surface area contributed by atoms with E-state index in [1.807, 2.05) is 30.7 Å². The first-order valence-electron chi connectivity index (χ1n) is 6.28. The van der Waals surface area contributed by atoms with Gasteiger partial charge in [0.2, 0.25) is 0 Å². The smallest absolute Gasteiger partial charge is 0.250 e. The van der Waals surface area contributed by atoms with Crippen LogP contribution in [0.1, 0.15) is 44.2 Å². The molecule has 0 aromatic carbocycles. The molecule has 1 N–H and O–H groups in total. The molecule has 0 aliphatic carbocycles. The number of aromatic nitrogens is 3. The molecular formula is C12H18N4O2S2. The van der Waals surface area contributed by atoms with Gasteiger partial charge in [0.05, 0.1) is 6.04 Å². The average Bonchev–Trinajstić information content (AvgIpc) is 2.96. The van der Waals surface area contributed by atoms with Gasteiger partial charge in [-0.2, -0.15) is 0 Å². The van der Waals surface area contributed by atoms with Crippen LogP contribution in [-0.4, -0.2) is 23.2 Å². The summed E-state index contributed by atoms with van der Waals surface area (Å²) in [5.74, 6) is 0.608. The van der Waals surface area contributed by atoms with Crippen molar-refractivity contribution in [1.29, 1.82) is 0 Å². The molecule has 2 rings (SSSR count). The first-order chi connectivity index (χ1) is 9.31. The van der Waals surface area contributed by atoms with Crippen molar-refractivity contribution < 1.29 is 8.42 Å². The maximum absolute atomic E-state index is 12.3. The van der Waals surface area contributed by atoms with Gasteiger partial charge in [0.15, 0.2) is 5.82 Å². The number of aryl methyl sites for hydroxylation is 1. The summed E-state index contributed by atoms with van der Waals surface area (Å²) in [5.41, 5.74) is 0.938. The van der Waals surface area contributed by atoms with Gasteiger partial charge in [-0.05, 0) is 44.7 Å². The van der Waals surface area contributed by atoms with E-state index >= 15 is 0 Å². The minimum absolute atomic E-state index is 0.177. The monoisotopic (exact) mass is 314 g/mol. The van der Waals surface area contributed by atoms with Crippen LogP contribution in [0.5, 0.6) is 0 Å². The topological polar surface area (TPSA) is 76.9 Å². The van der Waals surface area contributed by atoms with Gasteiger partial charge in [-0.1, -0.05) is 0 Å². The van der Waals surface area contributed by atoms with Crippen LogP contribution < -0.4 is 4.72 Å². The lowest BCUT2D eigenvalue weighted by Crippen LogP contribution is -2.28. The third kappa shape index (κ3) is 3.08. The fourth-order valence-electron chi connectivity index (χ4n) is 1.85. The molecule has 1 unspecified atom stereocenters. The Kier molecular flexibility index (Phi) is 4.26. The van der Waals surface area contributed by atoms with Crippen molar-refractivity contribution in [2.45, 2.75) is 44.0 Å². The first-order valence-corrected chi connectivity index (χ1v) is 8.64. The molecule has 0 radical (unpaired) electrons. The van der Waals surface area contributed by atoms with Gasteiger partial charge in [0.1, 0.15) is 10.5 Å². The maximum Gasteiger partial charge on any atom is 0.250 e. The second kappa shape index (κ2) is 5.63. The average molecular weight is 314 g/mol. The van der Waals surface area contributed by atoms with Crippen LogP contribution in [-0.2, 0) is 10.0 Å². The molecule has 0 amide bonds. The minimum Gasteiger partial charge on any atom is -0.314 e. The summed E-state index contributed by atoms with van der Waals surface area (Å²) in [6.45, 7) is 7.63. The highest BCUT2D eigenvalue weighted by Gasteiger charge is 2.23. The number of thiophene rings is 1. The molecule has 0 aliphatic rings. The molecule has 0 aliphatic heterocycles. The van der Waals surface area contributed by atoms with E-state index < -0.39 is 16.1 Å². The van der Waals surface area contributed by atoms with Crippen molar-refractivity contribution in [2.24, 2.45) is 0 Å². The molecule has 2 aromatic rings. The Hall–Kier alpha value is -1.25.